The summed E-state index contributed by atoms with van der Waals surface area (Å²) in [6.45, 7) is 0. The lowest BCUT2D eigenvalue weighted by Crippen LogP contribution is -1.96. The van der Waals surface area contributed by atoms with Crippen molar-refractivity contribution < 1.29 is 28.5 Å². The SMILES string of the molecule is Oc1ccccc1-c1c(F)c(O)c(O)c(F)c1F. The first kappa shape index (κ1) is 12.1. The molecule has 0 heterocycles. The van der Waals surface area contributed by atoms with Crippen LogP contribution in [0.1, 0.15) is 0 Å². The lowest BCUT2D eigenvalue weighted by molar-refractivity contribution is 0.345. The van der Waals surface area contributed by atoms with Crippen molar-refractivity contribution in [1.29, 1.82) is 0 Å². The maximum atomic E-state index is 13.6. The largest absolute Gasteiger partial charge is 0.507 e. The average molecular weight is 256 g/mol. The molecule has 0 saturated heterocycles. The molecule has 0 spiro atoms. The molecule has 2 aromatic carbocycles. The van der Waals surface area contributed by atoms with Gasteiger partial charge in [0, 0.05) is 5.56 Å². The molecule has 0 unspecified atom stereocenters. The van der Waals surface area contributed by atoms with E-state index < -0.39 is 40.3 Å². The molecule has 0 aliphatic heterocycles. The molecule has 94 valence electrons. The number of phenolic OH excluding ortho intramolecular Hbond substituents is 3. The number of aromatic hydroxyl groups is 3. The monoisotopic (exact) mass is 256 g/mol. The number of benzene rings is 2. The van der Waals surface area contributed by atoms with E-state index in [4.69, 9.17) is 10.2 Å². The fraction of sp³-hybridized carbons (Fsp3) is 0. The van der Waals surface area contributed by atoms with E-state index in [1.165, 1.54) is 12.1 Å². The summed E-state index contributed by atoms with van der Waals surface area (Å²) in [7, 11) is 0. The van der Waals surface area contributed by atoms with Gasteiger partial charge in [0.2, 0.25) is 5.82 Å². The molecular weight excluding hydrogens is 249 g/mol. The van der Waals surface area contributed by atoms with E-state index in [0.717, 1.165) is 12.1 Å². The van der Waals surface area contributed by atoms with Crippen LogP contribution in [0.3, 0.4) is 0 Å². The van der Waals surface area contributed by atoms with Gasteiger partial charge in [-0.15, -0.1) is 0 Å². The van der Waals surface area contributed by atoms with Gasteiger partial charge in [0.25, 0.3) is 0 Å². The maximum Gasteiger partial charge on any atom is 0.205 e. The van der Waals surface area contributed by atoms with E-state index in [9.17, 15) is 18.3 Å². The van der Waals surface area contributed by atoms with Crippen LogP contribution in [0, 0.1) is 17.5 Å². The van der Waals surface area contributed by atoms with E-state index in [1.54, 1.807) is 0 Å². The molecule has 0 saturated carbocycles. The molecule has 0 amide bonds. The molecular formula is C12H7F3O3. The minimum atomic E-state index is -1.79. The van der Waals surface area contributed by atoms with Gasteiger partial charge < -0.3 is 15.3 Å². The zero-order valence-electron chi connectivity index (χ0n) is 8.78. The fourth-order valence-electron chi connectivity index (χ4n) is 1.56. The van der Waals surface area contributed by atoms with E-state index in [2.05, 4.69) is 0 Å². The molecule has 0 fully saturated rings. The van der Waals surface area contributed by atoms with Crippen LogP contribution in [0.4, 0.5) is 13.2 Å². The Balaban J connectivity index is 2.85. The molecule has 0 radical (unpaired) electrons. The first-order chi connectivity index (χ1) is 8.45. The molecule has 0 aliphatic carbocycles. The van der Waals surface area contributed by atoms with Gasteiger partial charge in [-0.25, -0.2) is 8.78 Å². The van der Waals surface area contributed by atoms with Crippen molar-refractivity contribution in [3.8, 4) is 28.4 Å². The van der Waals surface area contributed by atoms with Crippen LogP contribution in [-0.2, 0) is 0 Å². The Bertz CT molecular complexity index is 597. The van der Waals surface area contributed by atoms with E-state index in [1.807, 2.05) is 0 Å². The molecule has 2 aromatic rings. The predicted octanol–water partition coefficient (Wildman–Crippen LogP) is 2.89. The third-order valence-corrected chi connectivity index (χ3v) is 2.45. The Labute approximate surface area is 99.4 Å². The Morgan fingerprint density at radius 2 is 1.28 bits per heavy atom. The second-order valence-electron chi connectivity index (χ2n) is 3.53. The summed E-state index contributed by atoms with van der Waals surface area (Å²) in [4.78, 5) is 0. The third kappa shape index (κ3) is 1.62. The highest BCUT2D eigenvalue weighted by Crippen LogP contribution is 2.42. The zero-order valence-corrected chi connectivity index (χ0v) is 8.78. The Morgan fingerprint density at radius 3 is 1.89 bits per heavy atom. The van der Waals surface area contributed by atoms with Crippen molar-refractivity contribution in [3.63, 3.8) is 0 Å². The van der Waals surface area contributed by atoms with Gasteiger partial charge in [-0.1, -0.05) is 18.2 Å². The minimum Gasteiger partial charge on any atom is -0.507 e. The van der Waals surface area contributed by atoms with Crippen LogP contribution < -0.4 is 0 Å². The van der Waals surface area contributed by atoms with Crippen molar-refractivity contribution in [3.05, 3.63) is 41.7 Å². The third-order valence-electron chi connectivity index (χ3n) is 2.45. The van der Waals surface area contributed by atoms with Gasteiger partial charge >= 0.3 is 0 Å². The molecule has 0 aliphatic rings. The van der Waals surface area contributed by atoms with Gasteiger partial charge in [0.1, 0.15) is 5.75 Å². The van der Waals surface area contributed by atoms with Crippen LogP contribution >= 0.6 is 0 Å². The summed E-state index contributed by atoms with van der Waals surface area (Å²) in [5, 5.41) is 27.5. The summed E-state index contributed by atoms with van der Waals surface area (Å²) in [5.41, 5.74) is -1.28. The Hall–Kier alpha value is -2.37. The normalized spacial score (nSPS) is 10.6. The smallest absolute Gasteiger partial charge is 0.205 e. The molecule has 3 N–H and O–H groups in total. The van der Waals surface area contributed by atoms with Gasteiger partial charge in [-0.2, -0.15) is 4.39 Å². The molecule has 2 rings (SSSR count). The second-order valence-corrected chi connectivity index (χ2v) is 3.53. The molecule has 0 aromatic heterocycles. The highest BCUT2D eigenvalue weighted by atomic mass is 19.2. The second kappa shape index (κ2) is 4.14. The van der Waals surface area contributed by atoms with Crippen LogP contribution in [0.5, 0.6) is 17.2 Å². The highest BCUT2D eigenvalue weighted by molar-refractivity contribution is 5.74. The lowest BCUT2D eigenvalue weighted by atomic mass is 10.0. The Morgan fingerprint density at radius 1 is 0.722 bits per heavy atom. The molecule has 3 nitrogen and oxygen atoms in total. The minimum absolute atomic E-state index is 0.332. The summed E-state index contributed by atoms with van der Waals surface area (Å²) >= 11 is 0. The summed E-state index contributed by atoms with van der Waals surface area (Å²) < 4.78 is 40.4. The first-order valence-electron chi connectivity index (χ1n) is 4.82. The van der Waals surface area contributed by atoms with Crippen molar-refractivity contribution >= 4 is 0 Å². The Kier molecular flexibility index (Phi) is 2.78. The molecule has 0 bridgehead atoms. The van der Waals surface area contributed by atoms with E-state index in [0.29, 0.717) is 0 Å². The lowest BCUT2D eigenvalue weighted by Gasteiger charge is -2.10. The van der Waals surface area contributed by atoms with Crippen molar-refractivity contribution in [2.45, 2.75) is 0 Å². The molecule has 0 atom stereocenters. The van der Waals surface area contributed by atoms with Gasteiger partial charge in [-0.3, -0.25) is 0 Å². The first-order valence-corrected chi connectivity index (χ1v) is 4.82. The standard InChI is InChI=1S/C12H7F3O3/c13-8-7(5-3-1-2-4-6(5)16)9(14)11(17)12(18)10(8)15/h1-4,16-18H. The van der Waals surface area contributed by atoms with E-state index in [-0.39, 0.29) is 5.56 Å². The van der Waals surface area contributed by atoms with Crippen LogP contribution in [0.2, 0.25) is 0 Å². The quantitative estimate of drug-likeness (QED) is 0.543. The van der Waals surface area contributed by atoms with Crippen molar-refractivity contribution in [2.75, 3.05) is 0 Å². The number of para-hydroxylation sites is 1. The van der Waals surface area contributed by atoms with Gasteiger partial charge in [-0.05, 0) is 6.07 Å². The fourth-order valence-corrected chi connectivity index (χ4v) is 1.56. The van der Waals surface area contributed by atoms with Crippen LogP contribution in [0.15, 0.2) is 24.3 Å². The summed E-state index contributed by atoms with van der Waals surface area (Å²) in [5.74, 6) is -8.43. The van der Waals surface area contributed by atoms with Crippen LogP contribution in [-0.4, -0.2) is 15.3 Å². The summed E-state index contributed by atoms with van der Waals surface area (Å²) in [6, 6.07) is 5.07. The topological polar surface area (TPSA) is 60.7 Å². The highest BCUT2D eigenvalue weighted by Gasteiger charge is 2.26. The molecule has 6 heteroatoms. The van der Waals surface area contributed by atoms with Crippen molar-refractivity contribution in [2.24, 2.45) is 0 Å². The van der Waals surface area contributed by atoms with Crippen molar-refractivity contribution in [1.82, 2.24) is 0 Å². The zero-order chi connectivity index (χ0) is 13.4. The average Bonchev–Trinajstić information content (AvgIpc) is 2.36. The van der Waals surface area contributed by atoms with Crippen LogP contribution in [0.25, 0.3) is 11.1 Å². The number of phenols is 3. The maximum absolute atomic E-state index is 13.6. The number of halogens is 3. The predicted molar refractivity (Wildman–Crippen MR) is 56.7 cm³/mol. The number of hydrogen-bond acceptors (Lipinski definition) is 3. The van der Waals surface area contributed by atoms with E-state index >= 15 is 0 Å². The molecule has 18 heavy (non-hydrogen) atoms. The van der Waals surface area contributed by atoms with Gasteiger partial charge in [0.15, 0.2) is 23.1 Å². The summed E-state index contributed by atoms with van der Waals surface area (Å²) in [6.07, 6.45) is 0. The number of hydrogen-bond donors (Lipinski definition) is 3. The van der Waals surface area contributed by atoms with Gasteiger partial charge in [0.05, 0.1) is 5.56 Å². The number of rotatable bonds is 1.